The first kappa shape index (κ1) is 134. The summed E-state index contributed by atoms with van der Waals surface area (Å²) in [6.45, 7) is 30.4. The molecule has 5 N–H and O–H groups in total. The maximum Gasteiger partial charge on any atom is 0.410 e. The average molecular weight is 2160 g/mol. The zero-order valence-electron chi connectivity index (χ0n) is 90.7. The van der Waals surface area contributed by atoms with Gasteiger partial charge in [-0.05, 0) is 212 Å². The van der Waals surface area contributed by atoms with Crippen LogP contribution >= 0.6 is 28.6 Å². The van der Waals surface area contributed by atoms with Crippen molar-refractivity contribution in [2.45, 2.75) is 390 Å². The molecular formula is C111H176BrClN14O21. The highest BCUT2D eigenvalue weighted by molar-refractivity contribution is 9.07. The number of nitrogens with zero attached hydrogens (tertiary/aromatic N) is 12. The third kappa shape index (κ3) is 51.3. The summed E-state index contributed by atoms with van der Waals surface area (Å²) in [6.07, 6.45) is 36.0. The number of aliphatic hydroxyl groups excluding tert-OH is 2. The molecule has 830 valence electrons. The highest BCUT2D eigenvalue weighted by atomic mass is 79.9. The maximum atomic E-state index is 12.4. The summed E-state index contributed by atoms with van der Waals surface area (Å²) in [6, 6.07) is 36.5. The number of carbonyl (C=O) groups is 6. The summed E-state index contributed by atoms with van der Waals surface area (Å²) < 4.78 is 47.3. The Morgan fingerprint density at radius 2 is 0.770 bits per heavy atom. The van der Waals surface area contributed by atoms with Crippen molar-refractivity contribution in [2.24, 2.45) is 40.5 Å². The number of ketones is 1. The van der Waals surface area contributed by atoms with Gasteiger partial charge in [0.15, 0.2) is 5.78 Å². The van der Waals surface area contributed by atoms with Crippen LogP contribution in [0.5, 0.6) is 17.6 Å². The molecule has 0 radical (unpaired) electrons. The van der Waals surface area contributed by atoms with Gasteiger partial charge in [0.25, 0.3) is 0 Å². The van der Waals surface area contributed by atoms with Gasteiger partial charge in [-0.2, -0.15) is 49.2 Å². The fourth-order valence-corrected chi connectivity index (χ4v) is 19.2. The number of rotatable bonds is 37. The van der Waals surface area contributed by atoms with Crippen molar-refractivity contribution in [3.63, 3.8) is 0 Å². The number of nitrogens with one attached hydrogen (secondary N) is 1. The first-order chi connectivity index (χ1) is 69.7. The van der Waals surface area contributed by atoms with E-state index in [0.29, 0.717) is 112 Å². The number of hydrogen-bond donors (Lipinski definition) is 4. The van der Waals surface area contributed by atoms with E-state index in [1.54, 1.807) is 51.8 Å². The summed E-state index contributed by atoms with van der Waals surface area (Å²) in [5, 5.41) is 41.2. The molecule has 0 bridgehead atoms. The van der Waals surface area contributed by atoms with E-state index in [9.17, 15) is 39.0 Å². The minimum atomic E-state index is -0.558. The normalized spacial score (nSPS) is 15.9. The molecule has 12 rings (SSSR count). The largest absolute Gasteiger partial charge is 0.473 e. The zero-order chi connectivity index (χ0) is 108. The Bertz CT molecular complexity index is 4630. The first-order valence-electron chi connectivity index (χ1n) is 52.4. The van der Waals surface area contributed by atoms with Gasteiger partial charge < -0.3 is 58.1 Å². The number of nitrogens with two attached hydrogens (primary N) is 1. The number of likely N-dealkylation sites (N-methyl/N-ethyl adjacent to an activating group) is 1. The van der Waals surface area contributed by atoms with Crippen LogP contribution in [0.15, 0.2) is 114 Å². The van der Waals surface area contributed by atoms with Gasteiger partial charge in [-0.3, -0.25) is 20.2 Å². The zero-order valence-corrected chi connectivity index (χ0v) is 93.1. The third-order valence-electron chi connectivity index (χ3n) is 25.7. The summed E-state index contributed by atoms with van der Waals surface area (Å²) in [5.41, 5.74) is 7.86. The highest BCUT2D eigenvalue weighted by Crippen LogP contribution is 2.41. The van der Waals surface area contributed by atoms with Gasteiger partial charge in [0.05, 0.1) is 92.8 Å². The van der Waals surface area contributed by atoms with E-state index in [1.807, 2.05) is 155 Å². The van der Waals surface area contributed by atoms with Crippen molar-refractivity contribution in [2.75, 3.05) is 61.1 Å². The van der Waals surface area contributed by atoms with Gasteiger partial charge in [-0.25, -0.2) is 42.8 Å². The molecule has 148 heavy (non-hydrogen) atoms. The van der Waals surface area contributed by atoms with Crippen LogP contribution in [0.2, 0.25) is 0 Å². The number of aliphatic hydroxyl groups is 2. The molecule has 0 saturated heterocycles. The number of carbonyl (C=O) groups excluding carboxylic acids is 12. The number of ether oxygens (including phenoxy) is 7. The molecule has 4 heterocycles. The van der Waals surface area contributed by atoms with Gasteiger partial charge in [0.2, 0.25) is 23.5 Å². The molecule has 37 heteroatoms. The number of hydrogen-bond acceptors (Lipinski definition) is 28. The van der Waals surface area contributed by atoms with Crippen LogP contribution in [0.25, 0.3) is 0 Å². The quantitative estimate of drug-likeness (QED) is 0.00925. The smallest absolute Gasteiger partial charge is 0.410 e. The number of Topliss-reactive ketones (excluding diaryl/α,β-unsaturated/α-hetero) is 1. The van der Waals surface area contributed by atoms with Crippen molar-refractivity contribution in [1.29, 1.82) is 0 Å². The lowest BCUT2D eigenvalue weighted by atomic mass is 9.82. The Kier molecular flexibility index (Phi) is 66.4. The molecule has 4 amide bonds. The highest BCUT2D eigenvalue weighted by Gasteiger charge is 2.38. The Morgan fingerprint density at radius 1 is 0.459 bits per heavy atom. The number of benzene rings is 3. The van der Waals surface area contributed by atoms with E-state index < -0.39 is 29.0 Å². The van der Waals surface area contributed by atoms with Gasteiger partial charge in [-0.1, -0.05) is 229 Å². The van der Waals surface area contributed by atoms with Crippen molar-refractivity contribution in [1.82, 2.24) is 58.4 Å². The Morgan fingerprint density at radius 3 is 1.07 bits per heavy atom. The van der Waals surface area contributed by atoms with Crippen LogP contribution in [0.3, 0.4) is 0 Å². The fourth-order valence-electron chi connectivity index (χ4n) is 18.9. The average Bonchev–Trinajstić information content (AvgIpc) is 1.67. The Hall–Kier alpha value is -10.5. The molecule has 3 aromatic heterocycles. The first-order valence-corrected chi connectivity index (χ1v) is 53.1. The number of hydrazone groups is 1. The van der Waals surface area contributed by atoms with Gasteiger partial charge in [0, 0.05) is 68.5 Å². The molecule has 5 fully saturated rings. The van der Waals surface area contributed by atoms with Gasteiger partial charge >= 0.3 is 42.7 Å². The van der Waals surface area contributed by atoms with Crippen LogP contribution in [-0.2, 0) is 101 Å². The van der Waals surface area contributed by atoms with E-state index in [4.69, 9.17) is 83.1 Å². The number of aryl methyl sites for hydroxylation is 1. The standard InChI is InChI=1S/C26H39N3O3.C25H37N3O4.C21H30N2O2.C14H24BrN3O.C11H21NO3.C10H20N2O2.3CO2.CH4.ClH/c1-6-23(21-15-11-8-12-16-21)29-24(31-19-20-13-9-7-10-14-20)17-22(27-29)18-28(5)25(30)32-26(2,3)4;1-25(2,3)32-24(30)27(4)16-21-15-23(31-18-19-11-7-5-8-12-19)28(26-21)22(17-29)20-13-9-6-10-14-20;1-2-9-19-14-21(25-16-17-10-5-3-6-11-17)23(22-19)20(15-24)18-12-7-4-8-13-18;1-3-13(11-7-5-4-6-8-11)18-14(19)9-12(16-18)10-17(2)15;1-6-7-9(13)8-12(5)10(14)15-11(2,3)4;1-2-14-10(13)9(12-11)8-6-4-3-5-7-8;3*2-1-3;;/h7,9-10,13-14,17,21,23H,6,8,11-12,15-16,18-19H2,1-5H3;5,7-8,11-12,15,20,22,29H,6,9-10,13-14,16-18H2,1-4H3;3,5-6,10-11,14,18,20,24H,2,4,7-9,12-13,15-16H2,1H3;11,13H,3-10H2,1-2H3;6-8H2,1-5H3;8-9,12H,2-7,11H2,1H3;;;;1H4;1H. The second kappa shape index (κ2) is 73.6. The minimum absolute atomic E-state index is 0. The van der Waals surface area contributed by atoms with Crippen molar-refractivity contribution in [3.8, 4) is 17.6 Å². The number of halogens is 2. The summed E-state index contributed by atoms with van der Waals surface area (Å²) in [4.78, 5) is 124. The predicted molar refractivity (Wildman–Crippen MR) is 573 cm³/mol. The number of amides is 4. The lowest BCUT2D eigenvalue weighted by molar-refractivity contribution is -0.193. The summed E-state index contributed by atoms with van der Waals surface area (Å²) in [5.74, 6) is 10.1. The van der Waals surface area contributed by atoms with Crippen LogP contribution in [-0.4, -0.2) is 213 Å². The molecule has 6 aromatic rings. The molecule has 0 spiro atoms. The molecule has 5 atom stereocenters. The minimum Gasteiger partial charge on any atom is -0.473 e. The van der Waals surface area contributed by atoms with E-state index in [2.05, 4.69) is 82.5 Å². The van der Waals surface area contributed by atoms with Crippen molar-refractivity contribution < 1.29 is 101 Å². The maximum absolute atomic E-state index is 12.4. The molecular weight excluding hydrogens is 1980 g/mol. The van der Waals surface area contributed by atoms with E-state index in [1.165, 1.54) is 145 Å². The van der Waals surface area contributed by atoms with E-state index in [0.717, 1.165) is 103 Å². The lowest BCUT2D eigenvalue weighted by Gasteiger charge is -2.33. The van der Waals surface area contributed by atoms with Crippen LogP contribution in [0.1, 0.15) is 355 Å². The van der Waals surface area contributed by atoms with Gasteiger partial charge in [-0.15, -0.1) is 12.4 Å². The second-order valence-corrected chi connectivity index (χ2v) is 42.3. The molecule has 1 aliphatic heterocycles. The van der Waals surface area contributed by atoms with Crippen LogP contribution in [0, 0.1) is 29.6 Å². The van der Waals surface area contributed by atoms with E-state index >= 15 is 0 Å². The molecule has 35 nitrogen and oxygen atoms in total. The summed E-state index contributed by atoms with van der Waals surface area (Å²) in [7, 11) is 6.95. The van der Waals surface area contributed by atoms with Crippen molar-refractivity contribution in [3.05, 3.63) is 143 Å². The predicted octanol–water partition coefficient (Wildman–Crippen LogP) is 21.5. The third-order valence-corrected chi connectivity index (χ3v) is 25.9. The number of esters is 1. The fraction of sp³-hybridized carbons (Fsp3) is 0.667. The Balaban J connectivity index is 0.000000602. The second-order valence-electron chi connectivity index (χ2n) is 41.1. The van der Waals surface area contributed by atoms with Gasteiger partial charge in [0.1, 0.15) is 42.7 Å². The topological polar surface area (TPSA) is 430 Å². The van der Waals surface area contributed by atoms with Crippen molar-refractivity contribution >= 4 is 88.7 Å². The molecule has 6 aliphatic rings. The number of aromatic nitrogens is 6. The van der Waals surface area contributed by atoms with Crippen LogP contribution < -0.4 is 25.5 Å². The SMILES string of the molecule is C.CCC(C1CCCCC1)N1N=C(CN(C)Br)CC1=O.CCC(C1CCCCC1)n1nc(CN(C)C(=O)OC(C)(C)C)cc1OCc1ccccc1.CCCC(=O)CN(C)C(=O)OC(C)(C)C.CCCc1cc(OCc2ccccc2)n(C(CO)C2CCCCC2)n1.CCOC(=O)C(NN)C1CCCCC1.CN(Cc1cc(OCc2ccccc2)n(C(CO)C2CCCCC2)n1)C(=O)OC(C)(C)C.Cl.O=C=O.O=C=O.O=C=O. The Labute approximate surface area is 894 Å². The lowest BCUT2D eigenvalue weighted by Crippen LogP contribution is -2.48. The summed E-state index contributed by atoms with van der Waals surface area (Å²) >= 11 is 3.38. The molecule has 3 aromatic carbocycles. The number of hydrazine groups is 1. The molecule has 5 unspecified atom stereocenters. The molecule has 5 saturated carbocycles. The van der Waals surface area contributed by atoms with E-state index in [-0.39, 0.29) is 99.9 Å². The monoisotopic (exact) mass is 2160 g/mol. The van der Waals surface area contributed by atoms with Crippen LogP contribution in [0.4, 0.5) is 14.4 Å². The molecule has 5 aliphatic carbocycles.